The molecule has 0 aromatic rings. The summed E-state index contributed by atoms with van der Waals surface area (Å²) < 4.78 is 16.9. The summed E-state index contributed by atoms with van der Waals surface area (Å²) in [6, 6.07) is 0. The van der Waals surface area contributed by atoms with Gasteiger partial charge in [0.15, 0.2) is 6.10 Å². The molecule has 0 rings (SSSR count). The Morgan fingerprint density at radius 2 is 0.429 bits per heavy atom. The highest BCUT2D eigenvalue weighted by molar-refractivity contribution is 5.71. The molecule has 0 radical (unpaired) electrons. The van der Waals surface area contributed by atoms with E-state index >= 15 is 0 Å². The molecule has 0 aromatic heterocycles. The minimum atomic E-state index is -0.760. The standard InChI is InChI=1S/C57H110O6/c1-4-7-10-13-16-19-22-24-26-28-30-32-34-36-39-42-45-48-51-57(60)63-54(52-61-55(58)49-46-43-40-37-21-18-15-12-9-6-3)53-62-56(59)50-47-44-41-38-35-33-31-29-27-25-23-20-17-14-11-8-5-2/h54H,4-53H2,1-3H3/t54-/m1/s1. The number of carbonyl (C=O) groups excluding carboxylic acids is 3. The van der Waals surface area contributed by atoms with Crippen molar-refractivity contribution in [1.82, 2.24) is 0 Å². The fraction of sp³-hybridized carbons (Fsp3) is 0.947. The minimum absolute atomic E-state index is 0.0613. The molecule has 0 amide bonds. The second-order valence-corrected chi connectivity index (χ2v) is 19.6. The van der Waals surface area contributed by atoms with E-state index in [1.54, 1.807) is 0 Å². The van der Waals surface area contributed by atoms with Crippen molar-refractivity contribution in [3.8, 4) is 0 Å². The Morgan fingerprint density at radius 3 is 0.635 bits per heavy atom. The van der Waals surface area contributed by atoms with Gasteiger partial charge in [-0.15, -0.1) is 0 Å². The van der Waals surface area contributed by atoms with Gasteiger partial charge >= 0.3 is 17.9 Å². The molecule has 63 heavy (non-hydrogen) atoms. The first-order chi connectivity index (χ1) is 31.0. The zero-order valence-electron chi connectivity index (χ0n) is 42.9. The average molecular weight is 892 g/mol. The summed E-state index contributed by atoms with van der Waals surface area (Å²) in [5, 5.41) is 0. The molecule has 0 saturated heterocycles. The van der Waals surface area contributed by atoms with Gasteiger partial charge in [0.1, 0.15) is 13.2 Å². The topological polar surface area (TPSA) is 78.9 Å². The van der Waals surface area contributed by atoms with E-state index in [0.717, 1.165) is 57.8 Å². The number of hydrogen-bond acceptors (Lipinski definition) is 6. The molecule has 6 heteroatoms. The summed E-state index contributed by atoms with van der Waals surface area (Å²) in [4.78, 5) is 38.0. The number of esters is 3. The zero-order chi connectivity index (χ0) is 45.8. The maximum atomic E-state index is 12.8. The van der Waals surface area contributed by atoms with Gasteiger partial charge in [-0.25, -0.2) is 0 Å². The van der Waals surface area contributed by atoms with Crippen molar-refractivity contribution in [2.45, 2.75) is 335 Å². The predicted molar refractivity (Wildman–Crippen MR) is 270 cm³/mol. The third-order valence-electron chi connectivity index (χ3n) is 13.1. The molecule has 0 heterocycles. The van der Waals surface area contributed by atoms with Crippen molar-refractivity contribution in [3.05, 3.63) is 0 Å². The average Bonchev–Trinajstić information content (AvgIpc) is 3.28. The summed E-state index contributed by atoms with van der Waals surface area (Å²) >= 11 is 0. The molecule has 0 aliphatic heterocycles. The van der Waals surface area contributed by atoms with Gasteiger partial charge in [0.05, 0.1) is 0 Å². The monoisotopic (exact) mass is 891 g/mol. The number of unbranched alkanes of at least 4 members (excludes halogenated alkanes) is 42. The normalized spacial score (nSPS) is 11.9. The molecule has 0 aromatic carbocycles. The van der Waals surface area contributed by atoms with Crippen molar-refractivity contribution in [2.24, 2.45) is 0 Å². The Morgan fingerprint density at radius 1 is 0.254 bits per heavy atom. The van der Waals surface area contributed by atoms with Crippen LogP contribution in [0.15, 0.2) is 0 Å². The van der Waals surface area contributed by atoms with Crippen molar-refractivity contribution in [3.63, 3.8) is 0 Å². The van der Waals surface area contributed by atoms with E-state index in [-0.39, 0.29) is 31.1 Å². The number of rotatable bonds is 53. The van der Waals surface area contributed by atoms with E-state index in [4.69, 9.17) is 14.2 Å². The van der Waals surface area contributed by atoms with E-state index in [9.17, 15) is 14.4 Å². The van der Waals surface area contributed by atoms with Crippen LogP contribution in [-0.2, 0) is 28.6 Å². The predicted octanol–water partition coefficient (Wildman–Crippen LogP) is 18.8. The summed E-state index contributed by atoms with van der Waals surface area (Å²) in [7, 11) is 0. The summed E-state index contributed by atoms with van der Waals surface area (Å²) in [6.07, 6.45) is 58.1. The first-order valence-electron chi connectivity index (χ1n) is 28.5. The van der Waals surface area contributed by atoms with Gasteiger partial charge in [0.25, 0.3) is 0 Å². The van der Waals surface area contributed by atoms with Gasteiger partial charge < -0.3 is 14.2 Å². The molecule has 0 unspecified atom stereocenters. The first kappa shape index (κ1) is 61.4. The molecule has 0 saturated carbocycles. The SMILES string of the molecule is CCCCCCCCCCCCCCCCCCCCC(=O)O[C@H](COC(=O)CCCCCCCCCCCC)COC(=O)CCCCCCCCCCCCCCCCCCC. The van der Waals surface area contributed by atoms with Crippen LogP contribution >= 0.6 is 0 Å². The molecule has 0 fully saturated rings. The highest BCUT2D eigenvalue weighted by Crippen LogP contribution is 2.18. The molecule has 0 aliphatic carbocycles. The Kier molecular flexibility index (Phi) is 51.7. The lowest BCUT2D eigenvalue weighted by Crippen LogP contribution is -2.30. The molecule has 6 nitrogen and oxygen atoms in total. The van der Waals surface area contributed by atoms with E-state index in [0.29, 0.717) is 19.3 Å². The van der Waals surface area contributed by atoms with Gasteiger partial charge in [0.2, 0.25) is 0 Å². The van der Waals surface area contributed by atoms with Crippen molar-refractivity contribution >= 4 is 17.9 Å². The minimum Gasteiger partial charge on any atom is -0.462 e. The lowest BCUT2D eigenvalue weighted by Gasteiger charge is -2.18. The smallest absolute Gasteiger partial charge is 0.306 e. The van der Waals surface area contributed by atoms with Gasteiger partial charge in [-0.1, -0.05) is 290 Å². The Labute approximate surface area is 393 Å². The summed E-state index contributed by atoms with van der Waals surface area (Å²) in [6.45, 7) is 6.69. The van der Waals surface area contributed by atoms with Gasteiger partial charge in [-0.2, -0.15) is 0 Å². The molecule has 0 N–H and O–H groups in total. The second kappa shape index (κ2) is 53.0. The van der Waals surface area contributed by atoms with E-state index < -0.39 is 6.10 Å². The Hall–Kier alpha value is -1.59. The molecule has 374 valence electrons. The van der Waals surface area contributed by atoms with Crippen molar-refractivity contribution in [2.75, 3.05) is 13.2 Å². The van der Waals surface area contributed by atoms with Crippen molar-refractivity contribution in [1.29, 1.82) is 0 Å². The van der Waals surface area contributed by atoms with Crippen molar-refractivity contribution < 1.29 is 28.6 Å². The highest BCUT2D eigenvalue weighted by Gasteiger charge is 2.19. The fourth-order valence-electron chi connectivity index (χ4n) is 8.80. The maximum Gasteiger partial charge on any atom is 0.306 e. The summed E-state index contributed by atoms with van der Waals surface area (Å²) in [5.74, 6) is -0.836. The quantitative estimate of drug-likeness (QED) is 0.0344. The van der Waals surface area contributed by atoms with E-state index in [1.165, 1.54) is 231 Å². The van der Waals surface area contributed by atoms with Gasteiger partial charge in [-0.05, 0) is 19.3 Å². The van der Waals surface area contributed by atoms with Crippen LogP contribution in [0.25, 0.3) is 0 Å². The fourth-order valence-corrected chi connectivity index (χ4v) is 8.80. The van der Waals surface area contributed by atoms with Gasteiger partial charge in [0, 0.05) is 19.3 Å². The summed E-state index contributed by atoms with van der Waals surface area (Å²) in [5.41, 5.74) is 0. The van der Waals surface area contributed by atoms with Crippen LogP contribution < -0.4 is 0 Å². The van der Waals surface area contributed by atoms with Crippen LogP contribution in [-0.4, -0.2) is 37.2 Å². The maximum absolute atomic E-state index is 12.8. The molecule has 0 aliphatic rings. The lowest BCUT2D eigenvalue weighted by molar-refractivity contribution is -0.167. The molecule has 0 bridgehead atoms. The van der Waals surface area contributed by atoms with Crippen LogP contribution in [0.4, 0.5) is 0 Å². The Balaban J connectivity index is 4.23. The highest BCUT2D eigenvalue weighted by atomic mass is 16.6. The molecule has 0 spiro atoms. The van der Waals surface area contributed by atoms with Crippen LogP contribution in [0.2, 0.25) is 0 Å². The zero-order valence-corrected chi connectivity index (χ0v) is 42.9. The third kappa shape index (κ3) is 51.3. The Bertz CT molecular complexity index is 936. The third-order valence-corrected chi connectivity index (χ3v) is 13.1. The number of hydrogen-bond donors (Lipinski definition) is 0. The number of ether oxygens (including phenoxy) is 3. The van der Waals surface area contributed by atoms with Crippen LogP contribution in [0.1, 0.15) is 329 Å². The number of carbonyl (C=O) groups is 3. The molecule has 1 atom stereocenters. The van der Waals surface area contributed by atoms with E-state index in [2.05, 4.69) is 20.8 Å². The van der Waals surface area contributed by atoms with Crippen LogP contribution in [0.3, 0.4) is 0 Å². The van der Waals surface area contributed by atoms with Crippen LogP contribution in [0.5, 0.6) is 0 Å². The molecular weight excluding hydrogens is 781 g/mol. The largest absolute Gasteiger partial charge is 0.462 e. The first-order valence-corrected chi connectivity index (χ1v) is 28.5. The lowest BCUT2D eigenvalue weighted by atomic mass is 10.0. The van der Waals surface area contributed by atoms with Crippen LogP contribution in [0, 0.1) is 0 Å². The second-order valence-electron chi connectivity index (χ2n) is 19.6. The van der Waals surface area contributed by atoms with Gasteiger partial charge in [-0.3, -0.25) is 14.4 Å². The molecular formula is C57H110O6. The van der Waals surface area contributed by atoms with E-state index in [1.807, 2.05) is 0 Å².